The molecular weight excluding hydrogens is 254 g/mol. The number of carbonyl (C=O) groups excluding carboxylic acids is 2. The highest BCUT2D eigenvalue weighted by molar-refractivity contribution is 5.78. The predicted molar refractivity (Wildman–Crippen MR) is 77.4 cm³/mol. The Bertz CT molecular complexity index is 421. The van der Waals surface area contributed by atoms with E-state index in [1.807, 2.05) is 13.8 Å². The first-order chi connectivity index (χ1) is 9.14. The normalized spacial score (nSPS) is 14.8. The summed E-state index contributed by atoms with van der Waals surface area (Å²) in [6.07, 6.45) is 2.24. The number of hydrogen-bond acceptors (Lipinski definition) is 5. The van der Waals surface area contributed by atoms with Crippen LogP contribution in [0.25, 0.3) is 0 Å². The lowest BCUT2D eigenvalue weighted by Crippen LogP contribution is -2.23. The third-order valence-corrected chi connectivity index (χ3v) is 3.16. The van der Waals surface area contributed by atoms with E-state index >= 15 is 0 Å². The van der Waals surface area contributed by atoms with Crippen LogP contribution in [0.2, 0.25) is 0 Å². The van der Waals surface area contributed by atoms with Gasteiger partial charge in [0, 0.05) is 19.3 Å². The minimum Gasteiger partial charge on any atom is -0.300 e. The van der Waals surface area contributed by atoms with Crippen molar-refractivity contribution < 1.29 is 9.59 Å². The van der Waals surface area contributed by atoms with Crippen molar-refractivity contribution in [3.63, 3.8) is 0 Å². The van der Waals surface area contributed by atoms with Crippen LogP contribution in [0.4, 0.5) is 0 Å². The first-order valence-corrected chi connectivity index (χ1v) is 7.00. The molecule has 0 rings (SSSR count). The summed E-state index contributed by atoms with van der Waals surface area (Å²) in [6, 6.07) is 2.12. The molecule has 1 unspecified atom stereocenters. The monoisotopic (exact) mass is 279 g/mol. The molecule has 5 nitrogen and oxygen atoms in total. The quantitative estimate of drug-likeness (QED) is 0.604. The summed E-state index contributed by atoms with van der Waals surface area (Å²) in [5.74, 6) is 0.238. The highest BCUT2D eigenvalue weighted by Gasteiger charge is 2.26. The van der Waals surface area contributed by atoms with E-state index in [2.05, 4.69) is 16.3 Å². The topological polar surface area (TPSA) is 82.7 Å². The van der Waals surface area contributed by atoms with Crippen LogP contribution >= 0.6 is 0 Å². The lowest BCUT2D eigenvalue weighted by Gasteiger charge is -2.21. The van der Waals surface area contributed by atoms with Gasteiger partial charge in [-0.15, -0.1) is 0 Å². The van der Waals surface area contributed by atoms with Crippen molar-refractivity contribution in [2.45, 2.75) is 77.8 Å². The molecule has 0 aromatic rings. The summed E-state index contributed by atoms with van der Waals surface area (Å²) in [6.45, 7) is 8.80. The van der Waals surface area contributed by atoms with Crippen LogP contribution in [-0.4, -0.2) is 22.6 Å². The van der Waals surface area contributed by atoms with Gasteiger partial charge in [0.2, 0.25) is 0 Å². The van der Waals surface area contributed by atoms with Crippen molar-refractivity contribution in [1.29, 1.82) is 5.26 Å². The zero-order valence-electron chi connectivity index (χ0n) is 13.2. The fraction of sp³-hybridized carbons (Fsp3) is 0.800. The molecule has 0 radical (unpaired) electrons. The van der Waals surface area contributed by atoms with Crippen molar-refractivity contribution in [1.82, 2.24) is 0 Å². The van der Waals surface area contributed by atoms with Crippen LogP contribution in [0.1, 0.15) is 66.7 Å². The molecule has 5 heteroatoms. The second-order valence-electron chi connectivity index (χ2n) is 5.99. The van der Waals surface area contributed by atoms with Gasteiger partial charge in [-0.2, -0.15) is 15.5 Å². The Balaban J connectivity index is 4.67. The lowest BCUT2D eigenvalue weighted by molar-refractivity contribution is -0.119. The molecule has 0 fully saturated rings. The van der Waals surface area contributed by atoms with E-state index in [1.54, 1.807) is 20.8 Å². The molecule has 0 saturated heterocycles. The van der Waals surface area contributed by atoms with Crippen molar-refractivity contribution in [3.05, 3.63) is 0 Å². The van der Waals surface area contributed by atoms with Crippen LogP contribution in [0.5, 0.6) is 0 Å². The molecule has 0 amide bonds. The summed E-state index contributed by atoms with van der Waals surface area (Å²) < 4.78 is 0. The van der Waals surface area contributed by atoms with Crippen molar-refractivity contribution in [2.75, 3.05) is 0 Å². The molecule has 20 heavy (non-hydrogen) atoms. The highest BCUT2D eigenvalue weighted by Crippen LogP contribution is 2.23. The molecular formula is C15H25N3O2. The maximum Gasteiger partial charge on any atom is 0.165 e. The third kappa shape index (κ3) is 7.78. The van der Waals surface area contributed by atoms with Crippen LogP contribution in [0.3, 0.4) is 0 Å². The molecule has 112 valence electrons. The molecule has 0 saturated carbocycles. The molecule has 0 N–H and O–H groups in total. The molecule has 0 aliphatic carbocycles. The number of rotatable bonds is 9. The van der Waals surface area contributed by atoms with E-state index in [-0.39, 0.29) is 11.6 Å². The minimum absolute atomic E-state index is 0.116. The molecule has 0 spiro atoms. The Morgan fingerprint density at radius 3 is 2.15 bits per heavy atom. The van der Waals surface area contributed by atoms with E-state index < -0.39 is 11.1 Å². The van der Waals surface area contributed by atoms with E-state index in [9.17, 15) is 14.9 Å². The van der Waals surface area contributed by atoms with Gasteiger partial charge >= 0.3 is 0 Å². The fourth-order valence-electron chi connectivity index (χ4n) is 1.47. The first kappa shape index (κ1) is 18.4. The van der Waals surface area contributed by atoms with Gasteiger partial charge in [-0.1, -0.05) is 6.92 Å². The Morgan fingerprint density at radius 1 is 1.10 bits per heavy atom. The average molecular weight is 279 g/mol. The van der Waals surface area contributed by atoms with Gasteiger partial charge in [-0.05, 0) is 40.5 Å². The van der Waals surface area contributed by atoms with Crippen LogP contribution in [-0.2, 0) is 9.59 Å². The van der Waals surface area contributed by atoms with Crippen LogP contribution < -0.4 is 0 Å². The Labute approximate surface area is 121 Å². The predicted octanol–water partition coefficient (Wildman–Crippen LogP) is 3.63. The van der Waals surface area contributed by atoms with Gasteiger partial charge in [0.25, 0.3) is 0 Å². The minimum atomic E-state index is -0.974. The molecule has 1 atom stereocenters. The second-order valence-corrected chi connectivity index (χ2v) is 5.99. The Morgan fingerprint density at radius 2 is 1.70 bits per heavy atom. The fourth-order valence-corrected chi connectivity index (χ4v) is 1.47. The number of Topliss-reactive ketones (excluding diaryl/α,β-unsaturated/α-hetero) is 2. The summed E-state index contributed by atoms with van der Waals surface area (Å²) in [4.78, 5) is 22.3. The molecule has 0 aromatic heterocycles. The smallest absolute Gasteiger partial charge is 0.165 e. The number of hydrogen-bond donors (Lipinski definition) is 0. The molecule has 0 aliphatic heterocycles. The zero-order valence-corrected chi connectivity index (χ0v) is 13.2. The van der Waals surface area contributed by atoms with E-state index in [0.29, 0.717) is 32.1 Å². The van der Waals surface area contributed by atoms with E-state index in [1.165, 1.54) is 0 Å². The maximum absolute atomic E-state index is 11.3. The molecule has 0 heterocycles. The lowest BCUT2D eigenvalue weighted by atomic mass is 9.96. The van der Waals surface area contributed by atoms with Gasteiger partial charge in [0.15, 0.2) is 5.54 Å². The number of azo groups is 1. The van der Waals surface area contributed by atoms with E-state index in [4.69, 9.17) is 0 Å². The molecule has 0 aliphatic rings. The molecule has 0 bridgehead atoms. The van der Waals surface area contributed by atoms with Gasteiger partial charge in [0.05, 0.1) is 11.6 Å². The average Bonchev–Trinajstić information content (AvgIpc) is 2.40. The van der Waals surface area contributed by atoms with Gasteiger partial charge in [-0.25, -0.2) is 0 Å². The Kier molecular flexibility index (Phi) is 7.26. The second kappa shape index (κ2) is 7.88. The number of ketones is 2. The Hall–Kier alpha value is -1.57. The van der Waals surface area contributed by atoms with Crippen LogP contribution in [0.15, 0.2) is 10.2 Å². The third-order valence-electron chi connectivity index (χ3n) is 3.16. The number of carbonyl (C=O) groups is 2. The maximum atomic E-state index is 11.3. The van der Waals surface area contributed by atoms with Crippen molar-refractivity contribution >= 4 is 11.6 Å². The standard InChI is InChI=1S/C15H25N3O2/c1-6-13(20)8-10-15(5,11-16)18-17-14(3,4)9-7-12(2)19/h6-10H2,1-5H3. The van der Waals surface area contributed by atoms with Crippen molar-refractivity contribution in [3.8, 4) is 6.07 Å². The number of nitriles is 1. The summed E-state index contributed by atoms with van der Waals surface area (Å²) >= 11 is 0. The SMILES string of the molecule is CCC(=O)CCC(C)(C#N)N=NC(C)(C)CCC(C)=O. The van der Waals surface area contributed by atoms with Crippen molar-refractivity contribution in [2.24, 2.45) is 10.2 Å². The summed E-state index contributed by atoms with van der Waals surface area (Å²) in [7, 11) is 0. The van der Waals surface area contributed by atoms with Gasteiger partial charge < -0.3 is 4.79 Å². The van der Waals surface area contributed by atoms with Crippen LogP contribution in [0, 0.1) is 11.3 Å². The zero-order chi connectivity index (χ0) is 15.8. The largest absolute Gasteiger partial charge is 0.300 e. The highest BCUT2D eigenvalue weighted by atomic mass is 16.1. The molecule has 0 aromatic carbocycles. The number of nitrogens with zero attached hydrogens (tertiary/aromatic N) is 3. The summed E-state index contributed by atoms with van der Waals surface area (Å²) in [5.41, 5.74) is -1.45. The van der Waals surface area contributed by atoms with E-state index in [0.717, 1.165) is 0 Å². The van der Waals surface area contributed by atoms with Gasteiger partial charge in [-0.3, -0.25) is 4.79 Å². The summed E-state index contributed by atoms with van der Waals surface area (Å²) in [5, 5.41) is 17.6. The first-order valence-electron chi connectivity index (χ1n) is 7.00. The van der Waals surface area contributed by atoms with Gasteiger partial charge in [0.1, 0.15) is 11.6 Å².